The average molecular weight is 282 g/mol. The molecule has 0 spiro atoms. The van der Waals surface area contributed by atoms with Crippen molar-refractivity contribution in [1.29, 1.82) is 0 Å². The second kappa shape index (κ2) is 5.73. The first-order valence-electron chi connectivity index (χ1n) is 6.91. The number of nitrogens with one attached hydrogen (secondary N) is 1. The van der Waals surface area contributed by atoms with E-state index in [1.807, 2.05) is 30.8 Å². The molecule has 0 aliphatic carbocycles. The van der Waals surface area contributed by atoms with Crippen LogP contribution in [0.5, 0.6) is 0 Å². The summed E-state index contributed by atoms with van der Waals surface area (Å²) in [6.45, 7) is 2.21. The molecule has 0 radical (unpaired) electrons. The third-order valence-corrected chi connectivity index (χ3v) is 4.76. The molecule has 0 fully saturated rings. The zero-order valence-electron chi connectivity index (χ0n) is 11.8. The summed E-state index contributed by atoms with van der Waals surface area (Å²) in [6.07, 6.45) is 4.89. The number of fused-ring (bicyclic) bond motifs is 1. The lowest BCUT2D eigenvalue weighted by molar-refractivity contribution is 0.702. The average Bonchev–Trinajstić information content (AvgIpc) is 2.97. The molecular weight excluding hydrogens is 264 g/mol. The highest BCUT2D eigenvalue weighted by Crippen LogP contribution is 2.33. The Bertz CT molecular complexity index is 712. The van der Waals surface area contributed by atoms with Gasteiger partial charge in [0.2, 0.25) is 0 Å². The molecule has 1 unspecified atom stereocenters. The van der Waals surface area contributed by atoms with E-state index in [0.717, 1.165) is 6.42 Å². The summed E-state index contributed by atoms with van der Waals surface area (Å²) in [7, 11) is 2.03. The van der Waals surface area contributed by atoms with Gasteiger partial charge in [-0.25, -0.2) is 0 Å². The van der Waals surface area contributed by atoms with Crippen molar-refractivity contribution < 1.29 is 0 Å². The molecule has 0 saturated heterocycles. The van der Waals surface area contributed by atoms with Crippen LogP contribution in [0.1, 0.15) is 29.0 Å². The Labute approximate surface area is 123 Å². The fourth-order valence-corrected chi connectivity index (χ4v) is 3.83. The maximum atomic E-state index is 4.29. The van der Waals surface area contributed by atoms with Crippen molar-refractivity contribution in [2.45, 2.75) is 19.4 Å². The molecule has 3 rings (SSSR count). The minimum Gasteiger partial charge on any atom is -0.309 e. The first-order chi connectivity index (χ1) is 9.85. The van der Waals surface area contributed by atoms with E-state index in [9.17, 15) is 0 Å². The van der Waals surface area contributed by atoms with Gasteiger partial charge < -0.3 is 5.32 Å². The first kappa shape index (κ1) is 13.3. The standard InChI is InChI=1S/C17H18N2S/c1-3-12-8-10-20-17(12)16(18-2)14-6-4-5-13-7-9-19-11-15(13)14/h4-11,16,18H,3H2,1-2H3. The molecule has 0 bridgehead atoms. The summed E-state index contributed by atoms with van der Waals surface area (Å²) in [4.78, 5) is 5.70. The summed E-state index contributed by atoms with van der Waals surface area (Å²) >= 11 is 1.83. The number of nitrogens with zero attached hydrogens (tertiary/aromatic N) is 1. The number of pyridine rings is 1. The van der Waals surface area contributed by atoms with Crippen molar-refractivity contribution in [2.75, 3.05) is 7.05 Å². The molecule has 102 valence electrons. The predicted molar refractivity (Wildman–Crippen MR) is 86.3 cm³/mol. The van der Waals surface area contributed by atoms with E-state index in [-0.39, 0.29) is 6.04 Å². The van der Waals surface area contributed by atoms with Gasteiger partial charge >= 0.3 is 0 Å². The second-order valence-electron chi connectivity index (χ2n) is 4.83. The summed E-state index contributed by atoms with van der Waals surface area (Å²) in [5, 5.41) is 8.12. The van der Waals surface area contributed by atoms with Crippen LogP contribution in [-0.2, 0) is 6.42 Å². The van der Waals surface area contributed by atoms with Gasteiger partial charge in [0.25, 0.3) is 0 Å². The smallest absolute Gasteiger partial charge is 0.0677 e. The van der Waals surface area contributed by atoms with Crippen LogP contribution in [0.3, 0.4) is 0 Å². The van der Waals surface area contributed by atoms with Gasteiger partial charge in [-0.2, -0.15) is 0 Å². The van der Waals surface area contributed by atoms with Crippen molar-refractivity contribution in [1.82, 2.24) is 10.3 Å². The van der Waals surface area contributed by atoms with Crippen LogP contribution in [0, 0.1) is 0 Å². The molecule has 0 saturated carbocycles. The van der Waals surface area contributed by atoms with Gasteiger partial charge in [0.05, 0.1) is 6.04 Å². The van der Waals surface area contributed by atoms with Gasteiger partial charge in [0.1, 0.15) is 0 Å². The van der Waals surface area contributed by atoms with Crippen LogP contribution in [0.4, 0.5) is 0 Å². The number of aryl methyl sites for hydroxylation is 1. The van der Waals surface area contributed by atoms with E-state index in [0.29, 0.717) is 0 Å². The van der Waals surface area contributed by atoms with Gasteiger partial charge in [-0.1, -0.05) is 25.1 Å². The Morgan fingerprint density at radius 3 is 2.95 bits per heavy atom. The highest BCUT2D eigenvalue weighted by atomic mass is 32.1. The number of hydrogen-bond donors (Lipinski definition) is 1. The maximum absolute atomic E-state index is 4.29. The topological polar surface area (TPSA) is 24.9 Å². The van der Waals surface area contributed by atoms with Crippen LogP contribution in [0.2, 0.25) is 0 Å². The lowest BCUT2D eigenvalue weighted by Gasteiger charge is -2.19. The third kappa shape index (κ3) is 2.23. The molecule has 2 nitrogen and oxygen atoms in total. The van der Waals surface area contributed by atoms with Gasteiger partial charge in [-0.15, -0.1) is 11.3 Å². The fraction of sp³-hybridized carbons (Fsp3) is 0.235. The van der Waals surface area contributed by atoms with E-state index in [2.05, 4.69) is 52.9 Å². The zero-order valence-corrected chi connectivity index (χ0v) is 12.6. The second-order valence-corrected chi connectivity index (χ2v) is 5.78. The van der Waals surface area contributed by atoms with Crippen LogP contribution in [0.15, 0.2) is 48.1 Å². The lowest BCUT2D eigenvalue weighted by atomic mass is 9.97. The first-order valence-corrected chi connectivity index (χ1v) is 7.79. The minimum absolute atomic E-state index is 0.234. The monoisotopic (exact) mass is 282 g/mol. The molecule has 1 atom stereocenters. The van der Waals surface area contributed by atoms with Crippen LogP contribution < -0.4 is 5.32 Å². The maximum Gasteiger partial charge on any atom is 0.0677 e. The van der Waals surface area contributed by atoms with Gasteiger partial charge in [-0.3, -0.25) is 4.98 Å². The van der Waals surface area contributed by atoms with Crippen LogP contribution >= 0.6 is 11.3 Å². The molecule has 0 aliphatic rings. The quantitative estimate of drug-likeness (QED) is 0.777. The zero-order chi connectivity index (χ0) is 13.9. The Hall–Kier alpha value is -1.71. The minimum atomic E-state index is 0.234. The van der Waals surface area contributed by atoms with Crippen molar-refractivity contribution >= 4 is 22.1 Å². The summed E-state index contributed by atoms with van der Waals surface area (Å²) in [6, 6.07) is 11.0. The van der Waals surface area contributed by atoms with Gasteiger partial charge in [0, 0.05) is 22.7 Å². The Balaban J connectivity index is 2.17. The Kier molecular flexibility index (Phi) is 3.81. The SMILES string of the molecule is CCc1ccsc1C(NC)c1cccc2ccncc12. The molecule has 0 amide bonds. The van der Waals surface area contributed by atoms with E-state index in [1.54, 1.807) is 0 Å². The molecule has 1 N–H and O–H groups in total. The van der Waals surface area contributed by atoms with Crippen molar-refractivity contribution in [3.63, 3.8) is 0 Å². The summed E-state index contributed by atoms with van der Waals surface area (Å²) in [5.41, 5.74) is 2.73. The molecule has 3 aromatic rings. The molecule has 2 aromatic heterocycles. The highest BCUT2D eigenvalue weighted by Gasteiger charge is 2.18. The Morgan fingerprint density at radius 2 is 2.15 bits per heavy atom. The van der Waals surface area contributed by atoms with Crippen molar-refractivity contribution in [3.8, 4) is 0 Å². The van der Waals surface area contributed by atoms with Crippen LogP contribution in [-0.4, -0.2) is 12.0 Å². The van der Waals surface area contributed by atoms with E-state index < -0.39 is 0 Å². The Morgan fingerprint density at radius 1 is 1.25 bits per heavy atom. The number of rotatable bonds is 4. The largest absolute Gasteiger partial charge is 0.309 e. The van der Waals surface area contributed by atoms with Gasteiger partial charge in [0.15, 0.2) is 0 Å². The normalized spacial score (nSPS) is 12.7. The molecule has 1 aromatic carbocycles. The molecule has 3 heteroatoms. The summed E-state index contributed by atoms with van der Waals surface area (Å²) < 4.78 is 0. The van der Waals surface area contributed by atoms with Crippen molar-refractivity contribution in [3.05, 3.63) is 64.1 Å². The van der Waals surface area contributed by atoms with E-state index in [1.165, 1.54) is 26.8 Å². The van der Waals surface area contributed by atoms with Crippen LogP contribution in [0.25, 0.3) is 10.8 Å². The molecular formula is C17H18N2S. The highest BCUT2D eigenvalue weighted by molar-refractivity contribution is 7.10. The predicted octanol–water partition coefficient (Wildman–Crippen LogP) is 4.17. The molecule has 2 heterocycles. The van der Waals surface area contributed by atoms with Crippen molar-refractivity contribution in [2.24, 2.45) is 0 Å². The molecule has 20 heavy (non-hydrogen) atoms. The summed E-state index contributed by atoms with van der Waals surface area (Å²) in [5.74, 6) is 0. The number of hydrogen-bond acceptors (Lipinski definition) is 3. The van der Waals surface area contributed by atoms with E-state index in [4.69, 9.17) is 0 Å². The lowest BCUT2D eigenvalue weighted by Crippen LogP contribution is -2.18. The molecule has 0 aliphatic heterocycles. The van der Waals surface area contributed by atoms with Gasteiger partial charge in [-0.05, 0) is 47.5 Å². The fourth-order valence-electron chi connectivity index (χ4n) is 2.71. The van der Waals surface area contributed by atoms with E-state index >= 15 is 0 Å². The number of thiophene rings is 1. The number of benzene rings is 1. The third-order valence-electron chi connectivity index (χ3n) is 3.74. The number of aromatic nitrogens is 1.